The van der Waals surface area contributed by atoms with Gasteiger partial charge in [-0.1, -0.05) is 43.2 Å². The van der Waals surface area contributed by atoms with Gasteiger partial charge in [-0.3, -0.25) is 14.4 Å². The van der Waals surface area contributed by atoms with Crippen molar-refractivity contribution in [3.8, 4) is 0 Å². The van der Waals surface area contributed by atoms with E-state index in [1.54, 1.807) is 17.0 Å². The van der Waals surface area contributed by atoms with Gasteiger partial charge in [0.15, 0.2) is 5.76 Å². The summed E-state index contributed by atoms with van der Waals surface area (Å²) < 4.78 is 5.03. The first-order chi connectivity index (χ1) is 14.1. The lowest BCUT2D eigenvalue weighted by molar-refractivity contribution is -0.136. The molecule has 1 fully saturated rings. The fourth-order valence-electron chi connectivity index (χ4n) is 3.49. The smallest absolute Gasteiger partial charge is 0.286 e. The SMILES string of the molecule is O=C(CN(Cc1ccccc1)C(=O)CCNC(=O)c1ccco1)NC1CCCC1. The average Bonchev–Trinajstić information content (AvgIpc) is 3.42. The standard InChI is InChI=1S/C22H27N3O4/c26-20(24-18-9-4-5-10-18)16-25(15-17-7-2-1-3-8-17)21(27)12-13-23-22(28)19-11-6-14-29-19/h1-3,6-8,11,14,18H,4-5,9-10,12-13,15-16H2,(H,23,28)(H,24,26). The number of nitrogens with one attached hydrogen (secondary N) is 2. The Kier molecular flexibility index (Phi) is 7.44. The van der Waals surface area contributed by atoms with Crippen molar-refractivity contribution in [1.82, 2.24) is 15.5 Å². The number of rotatable bonds is 9. The second-order valence-corrected chi connectivity index (χ2v) is 7.27. The first-order valence-corrected chi connectivity index (χ1v) is 10.0. The van der Waals surface area contributed by atoms with Crippen LogP contribution in [-0.2, 0) is 16.1 Å². The summed E-state index contributed by atoms with van der Waals surface area (Å²) in [7, 11) is 0. The molecule has 0 saturated heterocycles. The van der Waals surface area contributed by atoms with E-state index in [0.717, 1.165) is 31.2 Å². The minimum atomic E-state index is -0.364. The van der Waals surface area contributed by atoms with Crippen molar-refractivity contribution in [1.29, 1.82) is 0 Å². The Morgan fingerprint density at radius 3 is 2.48 bits per heavy atom. The Morgan fingerprint density at radius 1 is 1.03 bits per heavy atom. The van der Waals surface area contributed by atoms with Crippen LogP contribution in [0.2, 0.25) is 0 Å². The monoisotopic (exact) mass is 397 g/mol. The van der Waals surface area contributed by atoms with E-state index in [9.17, 15) is 14.4 Å². The highest BCUT2D eigenvalue weighted by Gasteiger charge is 2.21. The van der Waals surface area contributed by atoms with E-state index < -0.39 is 0 Å². The number of furan rings is 1. The maximum absolute atomic E-state index is 12.8. The molecular formula is C22H27N3O4. The number of nitrogens with zero attached hydrogens (tertiary/aromatic N) is 1. The van der Waals surface area contributed by atoms with Crippen molar-refractivity contribution in [3.05, 3.63) is 60.1 Å². The minimum Gasteiger partial charge on any atom is -0.459 e. The summed E-state index contributed by atoms with van der Waals surface area (Å²) in [6.07, 6.45) is 5.79. The summed E-state index contributed by atoms with van der Waals surface area (Å²) in [6.45, 7) is 0.536. The molecule has 3 amide bonds. The van der Waals surface area contributed by atoms with E-state index in [-0.39, 0.29) is 49.0 Å². The lowest BCUT2D eigenvalue weighted by Gasteiger charge is -2.23. The van der Waals surface area contributed by atoms with Gasteiger partial charge in [-0.2, -0.15) is 0 Å². The summed E-state index contributed by atoms with van der Waals surface area (Å²) >= 11 is 0. The molecule has 1 saturated carbocycles. The van der Waals surface area contributed by atoms with E-state index in [0.29, 0.717) is 6.54 Å². The Morgan fingerprint density at radius 2 is 1.79 bits per heavy atom. The van der Waals surface area contributed by atoms with Gasteiger partial charge in [-0.15, -0.1) is 0 Å². The lowest BCUT2D eigenvalue weighted by atomic mass is 10.2. The number of amides is 3. The largest absolute Gasteiger partial charge is 0.459 e. The molecular weight excluding hydrogens is 370 g/mol. The first-order valence-electron chi connectivity index (χ1n) is 10.0. The number of hydrogen-bond acceptors (Lipinski definition) is 4. The molecule has 29 heavy (non-hydrogen) atoms. The summed E-state index contributed by atoms with van der Waals surface area (Å²) in [6, 6.07) is 13.0. The van der Waals surface area contributed by atoms with Crippen LogP contribution in [-0.4, -0.2) is 41.8 Å². The maximum Gasteiger partial charge on any atom is 0.286 e. The number of hydrogen-bond donors (Lipinski definition) is 2. The van der Waals surface area contributed by atoms with E-state index in [1.165, 1.54) is 6.26 Å². The van der Waals surface area contributed by atoms with Crippen LogP contribution in [0.3, 0.4) is 0 Å². The number of carbonyl (C=O) groups is 3. The quantitative estimate of drug-likeness (QED) is 0.680. The van der Waals surface area contributed by atoms with Gasteiger partial charge in [0.25, 0.3) is 5.91 Å². The van der Waals surface area contributed by atoms with Crippen LogP contribution in [0.1, 0.15) is 48.2 Å². The summed E-state index contributed by atoms with van der Waals surface area (Å²) in [5.41, 5.74) is 0.953. The molecule has 1 aliphatic rings. The van der Waals surface area contributed by atoms with Crippen LogP contribution in [0.25, 0.3) is 0 Å². The molecule has 1 heterocycles. The predicted octanol–water partition coefficient (Wildman–Crippen LogP) is 2.49. The zero-order chi connectivity index (χ0) is 20.5. The van der Waals surface area contributed by atoms with Crippen LogP contribution in [0, 0.1) is 0 Å². The van der Waals surface area contributed by atoms with Crippen molar-refractivity contribution in [2.75, 3.05) is 13.1 Å². The van der Waals surface area contributed by atoms with E-state index >= 15 is 0 Å². The molecule has 0 spiro atoms. The van der Waals surface area contributed by atoms with Gasteiger partial charge in [0.05, 0.1) is 12.8 Å². The molecule has 2 aromatic rings. The van der Waals surface area contributed by atoms with Crippen LogP contribution in [0.15, 0.2) is 53.1 Å². The molecule has 0 unspecified atom stereocenters. The van der Waals surface area contributed by atoms with E-state index in [2.05, 4.69) is 10.6 Å². The van der Waals surface area contributed by atoms with Gasteiger partial charge in [0.2, 0.25) is 11.8 Å². The highest BCUT2D eigenvalue weighted by molar-refractivity contribution is 5.91. The first kappa shape index (κ1) is 20.6. The van der Waals surface area contributed by atoms with Gasteiger partial charge < -0.3 is 20.0 Å². The molecule has 1 aromatic carbocycles. The topological polar surface area (TPSA) is 91.7 Å². The Hall–Kier alpha value is -3.09. The van der Waals surface area contributed by atoms with Crippen LogP contribution in [0.5, 0.6) is 0 Å². The van der Waals surface area contributed by atoms with Crippen molar-refractivity contribution >= 4 is 17.7 Å². The second kappa shape index (κ2) is 10.5. The van der Waals surface area contributed by atoms with Gasteiger partial charge in [-0.05, 0) is 30.5 Å². The fraction of sp³-hybridized carbons (Fsp3) is 0.409. The predicted molar refractivity (Wildman–Crippen MR) is 108 cm³/mol. The molecule has 154 valence electrons. The van der Waals surface area contributed by atoms with E-state index in [4.69, 9.17) is 4.42 Å². The normalized spacial score (nSPS) is 13.8. The molecule has 0 bridgehead atoms. The van der Waals surface area contributed by atoms with Crippen molar-refractivity contribution in [3.63, 3.8) is 0 Å². The molecule has 0 radical (unpaired) electrons. The van der Waals surface area contributed by atoms with Crippen molar-refractivity contribution in [2.45, 2.75) is 44.7 Å². The molecule has 2 N–H and O–H groups in total. The van der Waals surface area contributed by atoms with Crippen molar-refractivity contribution in [2.24, 2.45) is 0 Å². The molecule has 7 nitrogen and oxygen atoms in total. The third kappa shape index (κ3) is 6.48. The third-order valence-electron chi connectivity index (χ3n) is 4.99. The Labute approximate surface area is 170 Å². The Bertz CT molecular complexity index is 799. The van der Waals surface area contributed by atoms with Crippen LogP contribution >= 0.6 is 0 Å². The van der Waals surface area contributed by atoms with Gasteiger partial charge in [-0.25, -0.2) is 0 Å². The Balaban J connectivity index is 1.54. The van der Waals surface area contributed by atoms with Gasteiger partial charge in [0, 0.05) is 25.6 Å². The molecule has 1 aliphatic carbocycles. The lowest BCUT2D eigenvalue weighted by Crippen LogP contribution is -2.44. The van der Waals surface area contributed by atoms with E-state index in [1.807, 2.05) is 30.3 Å². The van der Waals surface area contributed by atoms with Crippen molar-refractivity contribution < 1.29 is 18.8 Å². The number of carbonyl (C=O) groups excluding carboxylic acids is 3. The summed E-state index contributed by atoms with van der Waals surface area (Å²) in [5.74, 6) is -0.484. The highest BCUT2D eigenvalue weighted by atomic mass is 16.3. The molecule has 0 aliphatic heterocycles. The molecule has 1 aromatic heterocycles. The number of benzene rings is 1. The minimum absolute atomic E-state index is 0.0103. The van der Waals surface area contributed by atoms with Crippen LogP contribution < -0.4 is 10.6 Å². The molecule has 3 rings (SSSR count). The molecule has 0 atom stereocenters. The van der Waals surface area contributed by atoms with Gasteiger partial charge in [0.1, 0.15) is 0 Å². The maximum atomic E-state index is 12.8. The third-order valence-corrected chi connectivity index (χ3v) is 4.99. The zero-order valence-corrected chi connectivity index (χ0v) is 16.4. The average molecular weight is 397 g/mol. The van der Waals surface area contributed by atoms with Gasteiger partial charge >= 0.3 is 0 Å². The second-order valence-electron chi connectivity index (χ2n) is 7.27. The van der Waals surface area contributed by atoms with Crippen LogP contribution in [0.4, 0.5) is 0 Å². The fourth-order valence-corrected chi connectivity index (χ4v) is 3.49. The highest BCUT2D eigenvalue weighted by Crippen LogP contribution is 2.17. The zero-order valence-electron chi connectivity index (χ0n) is 16.4. The molecule has 7 heteroatoms. The summed E-state index contributed by atoms with van der Waals surface area (Å²) in [5, 5.41) is 5.69. The summed E-state index contributed by atoms with van der Waals surface area (Å²) in [4.78, 5) is 38.7.